The molecular formula is C25H18N2O6. The summed E-state index contributed by atoms with van der Waals surface area (Å²) in [6.07, 6.45) is 1.29. The van der Waals surface area contributed by atoms with Crippen LogP contribution in [-0.2, 0) is 9.59 Å². The van der Waals surface area contributed by atoms with Crippen molar-refractivity contribution in [3.63, 3.8) is 0 Å². The van der Waals surface area contributed by atoms with E-state index in [1.54, 1.807) is 66.7 Å². The molecule has 1 aliphatic rings. The van der Waals surface area contributed by atoms with Gasteiger partial charge < -0.3 is 9.47 Å². The molecule has 4 rings (SSSR count). The number of anilines is 1. The molecule has 3 aromatic rings. The molecule has 4 amide bonds. The zero-order chi connectivity index (χ0) is 23.4. The Hall–Kier alpha value is -4.72. The Kier molecular flexibility index (Phi) is 5.99. The van der Waals surface area contributed by atoms with Crippen LogP contribution < -0.4 is 19.7 Å². The monoisotopic (exact) mass is 442 g/mol. The smallest absolute Gasteiger partial charge is 0.343 e. The Morgan fingerprint density at radius 2 is 1.55 bits per heavy atom. The number of carbonyl (C=O) groups excluding carboxylic acids is 4. The maximum absolute atomic E-state index is 13.1. The summed E-state index contributed by atoms with van der Waals surface area (Å²) in [6.45, 7) is 0. The van der Waals surface area contributed by atoms with Crippen LogP contribution in [0.15, 0.2) is 84.4 Å². The molecular weight excluding hydrogens is 424 g/mol. The van der Waals surface area contributed by atoms with Gasteiger partial charge in [-0.1, -0.05) is 36.4 Å². The van der Waals surface area contributed by atoms with Crippen LogP contribution in [0.3, 0.4) is 0 Å². The SMILES string of the molecule is COc1ccc(N2C(=O)NC(=O)C(=Cc3ccccc3OC(=O)c3ccccc3)C2=O)cc1. The van der Waals surface area contributed by atoms with Crippen LogP contribution in [0.25, 0.3) is 6.08 Å². The minimum absolute atomic E-state index is 0.160. The Morgan fingerprint density at radius 1 is 0.879 bits per heavy atom. The van der Waals surface area contributed by atoms with Gasteiger partial charge in [0.05, 0.1) is 18.4 Å². The molecule has 0 bridgehead atoms. The number of hydrogen-bond acceptors (Lipinski definition) is 6. The predicted octanol–water partition coefficient (Wildman–Crippen LogP) is 3.58. The normalized spacial score (nSPS) is 14.8. The lowest BCUT2D eigenvalue weighted by molar-refractivity contribution is -0.122. The summed E-state index contributed by atoms with van der Waals surface area (Å²) in [5, 5.41) is 2.16. The fraction of sp³-hybridized carbons (Fsp3) is 0.0400. The molecule has 1 N–H and O–H groups in total. The number of carbonyl (C=O) groups is 4. The van der Waals surface area contributed by atoms with E-state index in [-0.39, 0.29) is 17.0 Å². The number of esters is 1. The lowest BCUT2D eigenvalue weighted by atomic mass is 10.1. The predicted molar refractivity (Wildman–Crippen MR) is 120 cm³/mol. The van der Waals surface area contributed by atoms with E-state index in [4.69, 9.17) is 9.47 Å². The lowest BCUT2D eigenvalue weighted by Crippen LogP contribution is -2.54. The minimum atomic E-state index is -0.865. The van der Waals surface area contributed by atoms with Crippen LogP contribution in [0.4, 0.5) is 10.5 Å². The van der Waals surface area contributed by atoms with E-state index in [1.807, 2.05) is 0 Å². The van der Waals surface area contributed by atoms with Gasteiger partial charge in [0.1, 0.15) is 17.1 Å². The summed E-state index contributed by atoms with van der Waals surface area (Å²) in [6, 6.07) is 20.3. The number of urea groups is 1. The number of nitrogens with one attached hydrogen (secondary N) is 1. The van der Waals surface area contributed by atoms with E-state index in [9.17, 15) is 19.2 Å². The zero-order valence-electron chi connectivity index (χ0n) is 17.5. The molecule has 1 heterocycles. The number of para-hydroxylation sites is 1. The highest BCUT2D eigenvalue weighted by Crippen LogP contribution is 2.27. The van der Waals surface area contributed by atoms with Crippen molar-refractivity contribution in [2.75, 3.05) is 12.0 Å². The van der Waals surface area contributed by atoms with E-state index in [2.05, 4.69) is 5.32 Å². The molecule has 0 spiro atoms. The number of methoxy groups -OCH3 is 1. The fourth-order valence-electron chi connectivity index (χ4n) is 3.20. The molecule has 1 aliphatic heterocycles. The number of ether oxygens (including phenoxy) is 2. The Bertz CT molecular complexity index is 1270. The molecule has 0 atom stereocenters. The van der Waals surface area contributed by atoms with E-state index in [0.29, 0.717) is 16.9 Å². The van der Waals surface area contributed by atoms with Gasteiger partial charge in [0.25, 0.3) is 11.8 Å². The second kappa shape index (κ2) is 9.19. The first-order valence-corrected chi connectivity index (χ1v) is 9.89. The van der Waals surface area contributed by atoms with Crippen LogP contribution in [0.2, 0.25) is 0 Å². The maximum atomic E-state index is 13.1. The highest BCUT2D eigenvalue weighted by atomic mass is 16.5. The molecule has 8 nitrogen and oxygen atoms in total. The number of amides is 4. The second-order valence-electron chi connectivity index (χ2n) is 6.95. The van der Waals surface area contributed by atoms with E-state index in [1.165, 1.54) is 25.3 Å². The summed E-state index contributed by atoms with van der Waals surface area (Å²) >= 11 is 0. The van der Waals surface area contributed by atoms with Gasteiger partial charge in [0, 0.05) is 5.56 Å². The van der Waals surface area contributed by atoms with Crippen molar-refractivity contribution in [1.29, 1.82) is 0 Å². The Morgan fingerprint density at radius 3 is 2.24 bits per heavy atom. The third kappa shape index (κ3) is 4.49. The molecule has 3 aromatic carbocycles. The summed E-state index contributed by atoms with van der Waals surface area (Å²) in [7, 11) is 1.50. The van der Waals surface area contributed by atoms with Crippen LogP contribution in [-0.4, -0.2) is 30.9 Å². The summed E-state index contributed by atoms with van der Waals surface area (Å²) < 4.78 is 10.6. The summed E-state index contributed by atoms with van der Waals surface area (Å²) in [4.78, 5) is 51.3. The Balaban J connectivity index is 1.66. The topological polar surface area (TPSA) is 102 Å². The summed E-state index contributed by atoms with van der Waals surface area (Å²) in [5.41, 5.74) is 0.654. The van der Waals surface area contributed by atoms with E-state index >= 15 is 0 Å². The maximum Gasteiger partial charge on any atom is 0.343 e. The number of rotatable bonds is 5. The molecule has 33 heavy (non-hydrogen) atoms. The van der Waals surface area contributed by atoms with Gasteiger partial charge in [0.2, 0.25) is 0 Å². The molecule has 0 unspecified atom stereocenters. The van der Waals surface area contributed by atoms with Crippen molar-refractivity contribution >= 4 is 35.6 Å². The van der Waals surface area contributed by atoms with Crippen LogP contribution >= 0.6 is 0 Å². The van der Waals surface area contributed by atoms with Crippen molar-refractivity contribution < 1.29 is 28.7 Å². The van der Waals surface area contributed by atoms with Crippen molar-refractivity contribution in [2.45, 2.75) is 0 Å². The standard InChI is InChI=1S/C25H18N2O6/c1-32-19-13-11-18(12-14-19)27-23(29)20(22(28)26-25(27)31)15-17-9-5-6-10-21(17)33-24(30)16-7-3-2-4-8-16/h2-15H,1H3,(H,26,28,31). The van der Waals surface area contributed by atoms with Gasteiger partial charge in [-0.25, -0.2) is 14.5 Å². The third-order valence-electron chi connectivity index (χ3n) is 4.86. The van der Waals surface area contributed by atoms with E-state index < -0.39 is 23.8 Å². The fourth-order valence-corrected chi connectivity index (χ4v) is 3.20. The number of benzene rings is 3. The van der Waals surface area contributed by atoms with Gasteiger partial charge in [-0.05, 0) is 48.5 Å². The number of nitrogens with zero attached hydrogens (tertiary/aromatic N) is 1. The van der Waals surface area contributed by atoms with Gasteiger partial charge in [-0.3, -0.25) is 14.9 Å². The minimum Gasteiger partial charge on any atom is -0.497 e. The highest BCUT2D eigenvalue weighted by Gasteiger charge is 2.37. The van der Waals surface area contributed by atoms with Crippen LogP contribution in [0.1, 0.15) is 15.9 Å². The zero-order valence-corrected chi connectivity index (χ0v) is 17.5. The average molecular weight is 442 g/mol. The average Bonchev–Trinajstić information content (AvgIpc) is 2.83. The molecule has 164 valence electrons. The van der Waals surface area contributed by atoms with Gasteiger partial charge in [-0.2, -0.15) is 0 Å². The number of hydrogen-bond donors (Lipinski definition) is 1. The van der Waals surface area contributed by atoms with Crippen LogP contribution in [0.5, 0.6) is 11.5 Å². The molecule has 8 heteroatoms. The largest absolute Gasteiger partial charge is 0.497 e. The third-order valence-corrected chi connectivity index (χ3v) is 4.86. The van der Waals surface area contributed by atoms with Crippen molar-refractivity contribution in [3.8, 4) is 11.5 Å². The quantitative estimate of drug-likeness (QED) is 0.281. The second-order valence-corrected chi connectivity index (χ2v) is 6.95. The van der Waals surface area contributed by atoms with E-state index in [0.717, 1.165) is 4.90 Å². The number of barbiturate groups is 1. The summed E-state index contributed by atoms with van der Waals surface area (Å²) in [5.74, 6) is -1.54. The van der Waals surface area contributed by atoms with Crippen LogP contribution in [0, 0.1) is 0 Å². The van der Waals surface area contributed by atoms with Crippen molar-refractivity contribution in [1.82, 2.24) is 5.32 Å². The molecule has 1 fully saturated rings. The first kappa shape index (κ1) is 21.5. The number of imide groups is 2. The first-order valence-electron chi connectivity index (χ1n) is 9.89. The van der Waals surface area contributed by atoms with Gasteiger partial charge in [-0.15, -0.1) is 0 Å². The Labute approximate surface area is 189 Å². The van der Waals surface area contributed by atoms with Gasteiger partial charge >= 0.3 is 12.0 Å². The van der Waals surface area contributed by atoms with Crippen molar-refractivity contribution in [3.05, 3.63) is 95.6 Å². The van der Waals surface area contributed by atoms with Gasteiger partial charge in [0.15, 0.2) is 0 Å². The molecule has 0 saturated carbocycles. The lowest BCUT2D eigenvalue weighted by Gasteiger charge is -2.26. The molecule has 0 aliphatic carbocycles. The van der Waals surface area contributed by atoms with Crippen molar-refractivity contribution in [2.24, 2.45) is 0 Å². The molecule has 0 radical (unpaired) electrons. The molecule has 1 saturated heterocycles. The highest BCUT2D eigenvalue weighted by molar-refractivity contribution is 6.39. The molecule has 0 aromatic heterocycles. The first-order chi connectivity index (χ1) is 16.0.